The Labute approximate surface area is 116 Å². The number of rotatable bonds is 2. The monoisotopic (exact) mass is 289 g/mol. The number of anilines is 1. The van der Waals surface area contributed by atoms with Gasteiger partial charge in [0.15, 0.2) is 5.76 Å². The van der Waals surface area contributed by atoms with Gasteiger partial charge in [-0.15, -0.1) is 24.8 Å². The van der Waals surface area contributed by atoms with E-state index < -0.39 is 0 Å². The molecule has 0 fully saturated rings. The zero-order valence-electron chi connectivity index (χ0n) is 9.24. The Balaban J connectivity index is 0.00000144. The van der Waals surface area contributed by atoms with E-state index in [1.807, 2.05) is 18.2 Å². The van der Waals surface area contributed by atoms with Gasteiger partial charge < -0.3 is 21.1 Å². The van der Waals surface area contributed by atoms with Gasteiger partial charge in [-0.3, -0.25) is 0 Å². The third-order valence-corrected chi connectivity index (χ3v) is 2.19. The summed E-state index contributed by atoms with van der Waals surface area (Å²) in [4.78, 5) is 0. The van der Waals surface area contributed by atoms with E-state index in [4.69, 9.17) is 21.1 Å². The van der Waals surface area contributed by atoms with Crippen LogP contribution in [0.1, 0.15) is 5.76 Å². The standard InChI is InChI=1S/C11H11N3O2.2ClH/c12-8-4-2-1-3-7(8)9-5-6-10(16-9)11(13)14-15;;/h1-6,15H,12H2,(H2,13,14);2*1H. The van der Waals surface area contributed by atoms with E-state index in [1.54, 1.807) is 18.2 Å². The first-order valence-corrected chi connectivity index (χ1v) is 4.65. The SMILES string of the molecule is Cl.Cl.NC(=NO)c1ccc(-c2ccccc2N)o1. The zero-order chi connectivity index (χ0) is 11.5. The summed E-state index contributed by atoms with van der Waals surface area (Å²) in [6, 6.07) is 10.7. The summed E-state index contributed by atoms with van der Waals surface area (Å²) in [5.41, 5.74) is 12.6. The van der Waals surface area contributed by atoms with Crippen LogP contribution in [0, 0.1) is 0 Å². The number of para-hydroxylation sites is 1. The predicted octanol–water partition coefficient (Wildman–Crippen LogP) is 2.47. The Kier molecular flexibility index (Phi) is 6.08. The van der Waals surface area contributed by atoms with Gasteiger partial charge >= 0.3 is 0 Å². The van der Waals surface area contributed by atoms with Gasteiger partial charge in [0.2, 0.25) is 5.84 Å². The van der Waals surface area contributed by atoms with Gasteiger partial charge in [-0.1, -0.05) is 17.3 Å². The quantitative estimate of drug-likeness (QED) is 0.260. The number of furan rings is 1. The first-order valence-electron chi connectivity index (χ1n) is 4.65. The maximum atomic E-state index is 8.50. The van der Waals surface area contributed by atoms with Crippen LogP contribution in [0.15, 0.2) is 46.0 Å². The zero-order valence-corrected chi connectivity index (χ0v) is 10.9. The molecule has 0 aliphatic heterocycles. The summed E-state index contributed by atoms with van der Waals surface area (Å²) in [7, 11) is 0. The van der Waals surface area contributed by atoms with E-state index in [0.29, 0.717) is 17.2 Å². The van der Waals surface area contributed by atoms with Crippen molar-refractivity contribution in [2.24, 2.45) is 10.9 Å². The number of hydrogen-bond acceptors (Lipinski definition) is 4. The van der Waals surface area contributed by atoms with Crippen LogP contribution in [0.4, 0.5) is 5.69 Å². The second kappa shape index (κ2) is 6.78. The highest BCUT2D eigenvalue weighted by molar-refractivity contribution is 5.95. The lowest BCUT2D eigenvalue weighted by Crippen LogP contribution is -2.11. The summed E-state index contributed by atoms with van der Waals surface area (Å²) in [5, 5.41) is 11.4. The predicted molar refractivity (Wildman–Crippen MR) is 75.6 cm³/mol. The lowest BCUT2D eigenvalue weighted by molar-refractivity contribution is 0.317. The Hall–Kier alpha value is -1.85. The number of halogens is 2. The molecule has 18 heavy (non-hydrogen) atoms. The highest BCUT2D eigenvalue weighted by Gasteiger charge is 2.09. The molecule has 0 spiro atoms. The average molecular weight is 290 g/mol. The van der Waals surface area contributed by atoms with Crippen molar-refractivity contribution in [3.05, 3.63) is 42.2 Å². The molecule has 7 heteroatoms. The molecule has 0 aliphatic rings. The normalized spacial score (nSPS) is 10.3. The molecule has 5 nitrogen and oxygen atoms in total. The van der Waals surface area contributed by atoms with Crippen LogP contribution in [0.3, 0.4) is 0 Å². The fourth-order valence-electron chi connectivity index (χ4n) is 1.39. The Morgan fingerprint density at radius 2 is 1.78 bits per heavy atom. The van der Waals surface area contributed by atoms with Crippen LogP contribution in [-0.2, 0) is 0 Å². The summed E-state index contributed by atoms with van der Waals surface area (Å²) in [6.45, 7) is 0. The molecular weight excluding hydrogens is 277 g/mol. The Morgan fingerprint density at radius 3 is 2.39 bits per heavy atom. The van der Waals surface area contributed by atoms with Crippen molar-refractivity contribution in [3.63, 3.8) is 0 Å². The third-order valence-electron chi connectivity index (χ3n) is 2.19. The first kappa shape index (κ1) is 16.1. The molecule has 1 aromatic heterocycles. The van der Waals surface area contributed by atoms with E-state index in [0.717, 1.165) is 5.56 Å². The molecule has 0 saturated carbocycles. The number of nitrogen functional groups attached to an aromatic ring is 1. The average Bonchev–Trinajstić information content (AvgIpc) is 2.78. The summed E-state index contributed by atoms with van der Waals surface area (Å²) in [6.07, 6.45) is 0. The number of nitrogens with two attached hydrogens (primary N) is 2. The number of oxime groups is 1. The van der Waals surface area contributed by atoms with Gasteiger partial charge in [-0.05, 0) is 24.3 Å². The molecule has 0 amide bonds. The number of benzene rings is 1. The Bertz CT molecular complexity index is 541. The molecule has 0 atom stereocenters. The first-order chi connectivity index (χ1) is 7.72. The van der Waals surface area contributed by atoms with E-state index in [1.165, 1.54) is 0 Å². The maximum absolute atomic E-state index is 8.50. The van der Waals surface area contributed by atoms with Crippen LogP contribution in [0.2, 0.25) is 0 Å². The molecule has 0 unspecified atom stereocenters. The number of amidine groups is 1. The molecule has 0 saturated heterocycles. The van der Waals surface area contributed by atoms with Crippen molar-refractivity contribution < 1.29 is 9.62 Å². The smallest absolute Gasteiger partial charge is 0.205 e. The van der Waals surface area contributed by atoms with Crippen molar-refractivity contribution in [1.29, 1.82) is 0 Å². The van der Waals surface area contributed by atoms with Gasteiger partial charge in [-0.25, -0.2) is 0 Å². The van der Waals surface area contributed by atoms with E-state index >= 15 is 0 Å². The summed E-state index contributed by atoms with van der Waals surface area (Å²) in [5.74, 6) is 0.821. The second-order valence-electron chi connectivity index (χ2n) is 3.24. The minimum Gasteiger partial charge on any atom is -0.453 e. The van der Waals surface area contributed by atoms with Crippen LogP contribution in [0.5, 0.6) is 0 Å². The summed E-state index contributed by atoms with van der Waals surface area (Å²) < 4.78 is 5.41. The van der Waals surface area contributed by atoms with Crippen molar-refractivity contribution in [2.75, 3.05) is 5.73 Å². The van der Waals surface area contributed by atoms with Gasteiger partial charge in [0.25, 0.3) is 0 Å². The van der Waals surface area contributed by atoms with Gasteiger partial charge in [-0.2, -0.15) is 0 Å². The lowest BCUT2D eigenvalue weighted by atomic mass is 10.1. The summed E-state index contributed by atoms with van der Waals surface area (Å²) >= 11 is 0. The number of nitrogens with zero attached hydrogens (tertiary/aromatic N) is 1. The van der Waals surface area contributed by atoms with Crippen molar-refractivity contribution >= 4 is 36.3 Å². The van der Waals surface area contributed by atoms with Crippen molar-refractivity contribution in [1.82, 2.24) is 0 Å². The van der Waals surface area contributed by atoms with Crippen LogP contribution >= 0.6 is 24.8 Å². The maximum Gasteiger partial charge on any atom is 0.205 e. The molecule has 0 bridgehead atoms. The lowest BCUT2D eigenvalue weighted by Gasteiger charge is -2.00. The van der Waals surface area contributed by atoms with E-state index in [2.05, 4.69) is 5.16 Å². The fraction of sp³-hybridized carbons (Fsp3) is 0. The molecule has 1 heterocycles. The topological polar surface area (TPSA) is 97.8 Å². The van der Waals surface area contributed by atoms with E-state index in [9.17, 15) is 0 Å². The van der Waals surface area contributed by atoms with Crippen molar-refractivity contribution in [3.8, 4) is 11.3 Å². The molecule has 5 N–H and O–H groups in total. The largest absolute Gasteiger partial charge is 0.453 e. The second-order valence-corrected chi connectivity index (χ2v) is 3.24. The van der Waals surface area contributed by atoms with Crippen LogP contribution < -0.4 is 11.5 Å². The van der Waals surface area contributed by atoms with Gasteiger partial charge in [0.1, 0.15) is 5.76 Å². The minimum absolute atomic E-state index is 0. The van der Waals surface area contributed by atoms with Gasteiger partial charge in [0.05, 0.1) is 0 Å². The fourth-order valence-corrected chi connectivity index (χ4v) is 1.39. The van der Waals surface area contributed by atoms with Crippen molar-refractivity contribution in [2.45, 2.75) is 0 Å². The van der Waals surface area contributed by atoms with Gasteiger partial charge in [0, 0.05) is 11.3 Å². The molecule has 98 valence electrons. The van der Waals surface area contributed by atoms with Crippen LogP contribution in [-0.4, -0.2) is 11.0 Å². The minimum atomic E-state index is -0.0687. The molecule has 2 aromatic rings. The molecule has 2 rings (SSSR count). The highest BCUT2D eigenvalue weighted by Crippen LogP contribution is 2.27. The molecular formula is C11H13Cl2N3O2. The highest BCUT2D eigenvalue weighted by atomic mass is 35.5. The van der Waals surface area contributed by atoms with E-state index in [-0.39, 0.29) is 30.6 Å². The van der Waals surface area contributed by atoms with Crippen LogP contribution in [0.25, 0.3) is 11.3 Å². The molecule has 0 aliphatic carbocycles. The Morgan fingerprint density at radius 1 is 1.11 bits per heavy atom. The molecule has 1 aromatic carbocycles. The number of hydrogen-bond donors (Lipinski definition) is 3. The third kappa shape index (κ3) is 3.09. The molecule has 0 radical (unpaired) electrons.